The molecule has 1 N–H and O–H groups in total. The number of rotatable bonds is 6. The first-order chi connectivity index (χ1) is 13.3. The van der Waals surface area contributed by atoms with Gasteiger partial charge in [-0.2, -0.15) is 0 Å². The van der Waals surface area contributed by atoms with Crippen LogP contribution >= 0.6 is 0 Å². The fourth-order valence-corrected chi connectivity index (χ4v) is 7.57. The Bertz CT molecular complexity index is 587. The van der Waals surface area contributed by atoms with E-state index in [2.05, 4.69) is 38.9 Å². The van der Waals surface area contributed by atoms with E-state index in [1.807, 2.05) is 0 Å². The summed E-state index contributed by atoms with van der Waals surface area (Å²) in [6.07, 6.45) is 15.2. The van der Waals surface area contributed by atoms with Crippen LogP contribution in [0.3, 0.4) is 0 Å². The summed E-state index contributed by atoms with van der Waals surface area (Å²) in [6.45, 7) is 7.02. The van der Waals surface area contributed by atoms with Crippen molar-refractivity contribution < 1.29 is 9.84 Å². The van der Waals surface area contributed by atoms with Crippen LogP contribution in [-0.2, 0) is 4.74 Å². The van der Waals surface area contributed by atoms with Gasteiger partial charge in [0.25, 0.3) is 0 Å². The normalized spacial score (nSPS) is 45.4. The van der Waals surface area contributed by atoms with Gasteiger partial charge in [0.1, 0.15) is 0 Å². The third-order valence-electron chi connectivity index (χ3n) is 9.35. The van der Waals surface area contributed by atoms with Gasteiger partial charge >= 0.3 is 0 Å². The molecule has 4 aliphatic carbocycles. The zero-order chi connectivity index (χ0) is 19.9. The van der Waals surface area contributed by atoms with Crippen LogP contribution in [0, 0.1) is 28.6 Å². The molecule has 3 heteroatoms. The Morgan fingerprint density at radius 3 is 2.64 bits per heavy atom. The molecule has 0 aliphatic heterocycles. The topological polar surface area (TPSA) is 32.7 Å². The standard InChI is InChI=1S/C25H43NO2/c1-24-13-11-19(28-16-6-5-15-26(3)4)17-18(24)7-8-20-21-9-10-23(27)25(21,2)14-12-22(20)24/h17,19-23,27H,5-16H2,1-4H3/t19-,20?,21?,22?,23-,24-,25-/m0/s1. The second-order valence-corrected chi connectivity index (χ2v) is 11.1. The summed E-state index contributed by atoms with van der Waals surface area (Å²) in [5.74, 6) is 2.42. The molecule has 3 fully saturated rings. The number of unbranched alkanes of at least 4 members (excludes halogenated alkanes) is 1. The molecule has 3 nitrogen and oxygen atoms in total. The quantitative estimate of drug-likeness (QED) is 0.510. The highest BCUT2D eigenvalue weighted by Gasteiger charge is 2.58. The van der Waals surface area contributed by atoms with Crippen LogP contribution in [0.1, 0.15) is 78.1 Å². The lowest BCUT2D eigenvalue weighted by atomic mass is 9.47. The Balaban J connectivity index is 1.39. The van der Waals surface area contributed by atoms with E-state index in [0.717, 1.165) is 37.3 Å². The highest BCUT2D eigenvalue weighted by atomic mass is 16.5. The zero-order valence-corrected chi connectivity index (χ0v) is 18.8. The lowest BCUT2D eigenvalue weighted by molar-refractivity contribution is -0.0780. The van der Waals surface area contributed by atoms with E-state index in [1.54, 1.807) is 5.57 Å². The van der Waals surface area contributed by atoms with Gasteiger partial charge in [-0.15, -0.1) is 0 Å². The van der Waals surface area contributed by atoms with Gasteiger partial charge in [-0.25, -0.2) is 0 Å². The molecule has 0 bridgehead atoms. The number of hydrogen-bond donors (Lipinski definition) is 1. The SMILES string of the molecule is CN(C)CCCCO[C@@H]1C=C2CCC3C(CC[C@@]4(C)C3CC[C@@H]4O)[C@@]2(C)CC1. The molecule has 28 heavy (non-hydrogen) atoms. The summed E-state index contributed by atoms with van der Waals surface area (Å²) < 4.78 is 6.27. The minimum absolute atomic E-state index is 0.0557. The van der Waals surface area contributed by atoms with E-state index in [4.69, 9.17) is 4.74 Å². The molecular formula is C25H43NO2. The van der Waals surface area contributed by atoms with Crippen molar-refractivity contribution in [2.75, 3.05) is 27.2 Å². The molecule has 0 aromatic rings. The van der Waals surface area contributed by atoms with Gasteiger partial charge in [0.15, 0.2) is 0 Å². The van der Waals surface area contributed by atoms with E-state index < -0.39 is 0 Å². The van der Waals surface area contributed by atoms with Gasteiger partial charge in [-0.3, -0.25) is 0 Å². The molecule has 160 valence electrons. The molecule has 3 saturated carbocycles. The average molecular weight is 390 g/mol. The number of aliphatic hydroxyl groups excluding tert-OH is 1. The number of allylic oxidation sites excluding steroid dienone is 1. The Morgan fingerprint density at radius 2 is 1.86 bits per heavy atom. The predicted octanol–water partition coefficient (Wildman–Crippen LogP) is 5.04. The van der Waals surface area contributed by atoms with E-state index in [0.29, 0.717) is 11.5 Å². The number of aliphatic hydroxyl groups is 1. The van der Waals surface area contributed by atoms with Crippen molar-refractivity contribution >= 4 is 0 Å². The van der Waals surface area contributed by atoms with Crippen LogP contribution in [0.25, 0.3) is 0 Å². The highest BCUT2D eigenvalue weighted by molar-refractivity contribution is 5.25. The smallest absolute Gasteiger partial charge is 0.0758 e. The van der Waals surface area contributed by atoms with E-state index in [9.17, 15) is 5.11 Å². The van der Waals surface area contributed by atoms with Gasteiger partial charge in [0.2, 0.25) is 0 Å². The second-order valence-electron chi connectivity index (χ2n) is 11.1. The fraction of sp³-hybridized carbons (Fsp3) is 0.920. The molecular weight excluding hydrogens is 346 g/mol. The summed E-state index contributed by atoms with van der Waals surface area (Å²) in [7, 11) is 4.29. The summed E-state index contributed by atoms with van der Waals surface area (Å²) in [5, 5.41) is 10.6. The Kier molecular flexibility index (Phi) is 5.99. The molecule has 0 saturated heterocycles. The number of nitrogens with zero attached hydrogens (tertiary/aromatic N) is 1. The second kappa shape index (κ2) is 8.04. The van der Waals surface area contributed by atoms with Crippen molar-refractivity contribution in [3.8, 4) is 0 Å². The summed E-state index contributed by atoms with van der Waals surface area (Å²) in [5.41, 5.74) is 2.30. The van der Waals surface area contributed by atoms with Crippen LogP contribution in [0.5, 0.6) is 0 Å². The average Bonchev–Trinajstić information content (AvgIpc) is 2.96. The molecule has 4 aliphatic rings. The van der Waals surface area contributed by atoms with E-state index in [-0.39, 0.29) is 11.5 Å². The van der Waals surface area contributed by atoms with Crippen molar-refractivity contribution in [3.63, 3.8) is 0 Å². The Labute approximate surface area is 172 Å². The summed E-state index contributed by atoms with van der Waals surface area (Å²) >= 11 is 0. The Morgan fingerprint density at radius 1 is 1.04 bits per heavy atom. The lowest BCUT2D eigenvalue weighted by Crippen LogP contribution is -2.51. The third-order valence-corrected chi connectivity index (χ3v) is 9.35. The molecule has 0 aromatic heterocycles. The van der Waals surface area contributed by atoms with Gasteiger partial charge in [0.05, 0.1) is 12.2 Å². The van der Waals surface area contributed by atoms with Crippen molar-refractivity contribution in [2.24, 2.45) is 28.6 Å². The highest BCUT2D eigenvalue weighted by Crippen LogP contribution is 2.65. The number of hydrogen-bond acceptors (Lipinski definition) is 3. The largest absolute Gasteiger partial charge is 0.393 e. The molecule has 0 amide bonds. The molecule has 7 atom stereocenters. The number of fused-ring (bicyclic) bond motifs is 5. The maximum atomic E-state index is 10.6. The Hall–Kier alpha value is -0.380. The predicted molar refractivity (Wildman–Crippen MR) is 115 cm³/mol. The zero-order valence-electron chi connectivity index (χ0n) is 18.8. The van der Waals surface area contributed by atoms with Crippen LogP contribution in [0.4, 0.5) is 0 Å². The first-order valence-corrected chi connectivity index (χ1v) is 12.0. The van der Waals surface area contributed by atoms with Gasteiger partial charge in [0, 0.05) is 6.61 Å². The van der Waals surface area contributed by atoms with Crippen LogP contribution in [-0.4, -0.2) is 49.5 Å². The van der Waals surface area contributed by atoms with Crippen molar-refractivity contribution in [2.45, 2.75) is 90.3 Å². The molecule has 0 spiro atoms. The first kappa shape index (κ1) is 20.9. The van der Waals surface area contributed by atoms with Crippen LogP contribution in [0.15, 0.2) is 11.6 Å². The fourth-order valence-electron chi connectivity index (χ4n) is 7.57. The molecule has 3 unspecified atom stereocenters. The monoisotopic (exact) mass is 389 g/mol. The van der Waals surface area contributed by atoms with E-state index >= 15 is 0 Å². The lowest BCUT2D eigenvalue weighted by Gasteiger charge is -2.58. The van der Waals surface area contributed by atoms with Crippen molar-refractivity contribution in [1.29, 1.82) is 0 Å². The molecule has 0 aromatic carbocycles. The van der Waals surface area contributed by atoms with Crippen LogP contribution in [0.2, 0.25) is 0 Å². The number of ether oxygens (including phenoxy) is 1. The minimum atomic E-state index is -0.0557. The molecule has 0 radical (unpaired) electrons. The maximum Gasteiger partial charge on any atom is 0.0758 e. The van der Waals surface area contributed by atoms with Crippen molar-refractivity contribution in [1.82, 2.24) is 4.90 Å². The summed E-state index contributed by atoms with van der Waals surface area (Å²) in [4.78, 5) is 2.25. The van der Waals surface area contributed by atoms with E-state index in [1.165, 1.54) is 57.8 Å². The first-order valence-electron chi connectivity index (χ1n) is 12.0. The van der Waals surface area contributed by atoms with Crippen LogP contribution < -0.4 is 0 Å². The third kappa shape index (κ3) is 3.61. The van der Waals surface area contributed by atoms with Gasteiger partial charge in [-0.05, 0) is 113 Å². The molecule has 4 rings (SSSR count). The van der Waals surface area contributed by atoms with Gasteiger partial charge in [-0.1, -0.05) is 25.5 Å². The van der Waals surface area contributed by atoms with Crippen molar-refractivity contribution in [3.05, 3.63) is 11.6 Å². The maximum absolute atomic E-state index is 10.6. The molecule has 0 heterocycles. The van der Waals surface area contributed by atoms with Gasteiger partial charge < -0.3 is 14.7 Å². The summed E-state index contributed by atoms with van der Waals surface area (Å²) in [6, 6.07) is 0. The minimum Gasteiger partial charge on any atom is -0.393 e.